The molecule has 0 atom stereocenters. The number of nitrogens with one attached hydrogen (secondary N) is 3. The molecule has 0 bridgehead atoms. The fraction of sp³-hybridized carbons (Fsp3) is 0.316. The second-order valence-electron chi connectivity index (χ2n) is 28.9. The molecule has 6 aliphatic heterocycles. The van der Waals surface area contributed by atoms with Crippen LogP contribution in [0, 0.1) is 0 Å². The van der Waals surface area contributed by atoms with E-state index in [1.807, 2.05) is 90.3 Å². The second-order valence-corrected chi connectivity index (χ2v) is 36.1. The van der Waals surface area contributed by atoms with E-state index in [0.29, 0.717) is 179 Å². The van der Waals surface area contributed by atoms with Crippen molar-refractivity contribution in [2.75, 3.05) is 148 Å². The molecule has 0 unspecified atom stereocenters. The van der Waals surface area contributed by atoms with Gasteiger partial charge in [-0.25, -0.2) is 44.3 Å². The predicted molar refractivity (Wildman–Crippen MR) is 484 cm³/mol. The third-order valence-corrected chi connectivity index (χ3v) is 24.3. The van der Waals surface area contributed by atoms with Crippen molar-refractivity contribution < 1.29 is 56.5 Å². The Morgan fingerprint density at radius 2 is 0.787 bits per heavy atom. The average Bonchev–Trinajstić information content (AvgIpc) is 0.781. The lowest BCUT2D eigenvalue weighted by Crippen LogP contribution is -2.50. The fourth-order valence-electron chi connectivity index (χ4n) is 12.3. The van der Waals surface area contributed by atoms with Crippen LogP contribution in [0.4, 0.5) is 85.8 Å². The molecule has 0 radical (unpaired) electrons. The van der Waals surface area contributed by atoms with Crippen LogP contribution in [0.15, 0.2) is 148 Å². The van der Waals surface area contributed by atoms with Gasteiger partial charge in [0.1, 0.15) is 26.3 Å². The summed E-state index contributed by atoms with van der Waals surface area (Å²) in [6, 6.07) is 32.4. The van der Waals surface area contributed by atoms with E-state index in [-0.39, 0.29) is 29.9 Å². The van der Waals surface area contributed by atoms with Gasteiger partial charge in [-0.05, 0) is 139 Å². The van der Waals surface area contributed by atoms with Gasteiger partial charge in [-0.2, -0.15) is 13.2 Å². The van der Waals surface area contributed by atoms with Crippen LogP contribution in [-0.4, -0.2) is 200 Å². The van der Waals surface area contributed by atoms with Crippen LogP contribution < -0.4 is 51.1 Å². The number of nitrogens with zero attached hydrogens (tertiary/aromatic N) is 14. The van der Waals surface area contributed by atoms with Crippen molar-refractivity contribution in [1.29, 1.82) is 0 Å². The number of halogens is 12. The number of ether oxygens (including phenoxy) is 2. The molecule has 3 aromatic heterocycles. The molecule has 15 rings (SSSR count). The average molecular weight is 1930 g/mol. The number of hydrogen-bond donors (Lipinski definition) is 5. The third-order valence-electron chi connectivity index (χ3n) is 18.1. The molecule has 6 N–H and O–H groups in total. The third kappa shape index (κ3) is 24.4. The normalized spacial score (nSPS) is 15.3. The maximum Gasteiger partial charge on any atom is 0.490 e. The van der Waals surface area contributed by atoms with Gasteiger partial charge in [-0.15, -0.1) is 0 Å². The highest BCUT2D eigenvalue weighted by Crippen LogP contribution is 2.44. The van der Waals surface area contributed by atoms with Gasteiger partial charge in [0, 0.05) is 114 Å². The maximum absolute atomic E-state index is 13.2. The van der Waals surface area contributed by atoms with E-state index in [0.717, 1.165) is 62.0 Å². The number of aromatic nitrogens is 6. The molecule has 122 heavy (non-hydrogen) atoms. The summed E-state index contributed by atoms with van der Waals surface area (Å²) < 4.78 is 42.6. The minimum absolute atomic E-state index is 0.189. The van der Waals surface area contributed by atoms with Crippen molar-refractivity contribution >= 4 is 250 Å². The summed E-state index contributed by atoms with van der Waals surface area (Å²) in [6.07, 6.45) is 0.825. The zero-order valence-electron chi connectivity index (χ0n) is 66.0. The molecular formula is C79H78Cl9F3N18O9S4. The van der Waals surface area contributed by atoms with Crippen LogP contribution in [0.1, 0.15) is 72.6 Å². The number of rotatable bonds is 11. The summed E-state index contributed by atoms with van der Waals surface area (Å²) in [6.45, 7) is 20.0. The zero-order valence-corrected chi connectivity index (χ0v) is 76.0. The molecular weight excluding hydrogens is 1850 g/mol. The van der Waals surface area contributed by atoms with Crippen molar-refractivity contribution in [3.63, 3.8) is 0 Å². The first-order valence-corrected chi connectivity index (χ1v) is 44.6. The van der Waals surface area contributed by atoms with E-state index < -0.39 is 23.3 Å². The molecule has 6 aromatic carbocycles. The van der Waals surface area contributed by atoms with Gasteiger partial charge in [-0.1, -0.05) is 170 Å². The van der Waals surface area contributed by atoms with Crippen LogP contribution in [0.25, 0.3) is 0 Å². The highest BCUT2D eigenvalue weighted by molar-refractivity contribution is 8.00. The summed E-state index contributed by atoms with van der Waals surface area (Å²) >= 11 is 62.7. The molecule has 5 amide bonds. The smallest absolute Gasteiger partial charge is 0.475 e. The fourth-order valence-corrected chi connectivity index (χ4v) is 18.3. The first-order chi connectivity index (χ1) is 57.8. The van der Waals surface area contributed by atoms with Crippen LogP contribution in [0.5, 0.6) is 0 Å². The number of fused-ring (bicyclic) bond motifs is 3. The molecule has 9 aromatic rings. The number of nitrogen functional groups attached to an aromatic ring is 1. The molecule has 6 aliphatic rings. The lowest BCUT2D eigenvalue weighted by Gasteiger charge is -2.37. The number of hydrogen-bond acceptors (Lipinski definition) is 25. The topological polar surface area (TPSA) is 306 Å². The number of benzene rings is 6. The Kier molecular flexibility index (Phi) is 32.1. The highest BCUT2D eigenvalue weighted by Gasteiger charge is 2.39. The van der Waals surface area contributed by atoms with E-state index in [2.05, 4.69) is 60.6 Å². The van der Waals surface area contributed by atoms with Gasteiger partial charge in [0.2, 0.25) is 11.9 Å². The SMILES string of the molecule is CC(C)(C)OC(=O)N1CCN(c2ccc(N)cc2Cl)CC1.CC(C)(C)OC(=O)N1CCN(c2ccc(Nc3ncc4c(n3)SCN(c3c(Cl)cccc3Cl)C4=O)cc2Cl)CC1.CSc1ncc2c(n1)SCN(c1c(Cl)cccc1Cl)C2=O.O=C(O)C(F)(F)F.O=C1c2cnc(Nc3ccc(N4CCNCC4)c(Cl)c3)nc2SCN1c1c(Cl)cccc1Cl. The zero-order chi connectivity index (χ0) is 88.2. The number of nitrogens with two attached hydrogens (primary N) is 1. The van der Waals surface area contributed by atoms with E-state index in [4.69, 9.17) is 130 Å². The number of carbonyl (C=O) groups is 6. The Bertz CT molecular complexity index is 5330. The number of carboxylic acids is 1. The quantitative estimate of drug-likeness (QED) is 0.0348. The van der Waals surface area contributed by atoms with Crippen molar-refractivity contribution in [1.82, 2.24) is 45.0 Å². The van der Waals surface area contributed by atoms with Gasteiger partial charge in [0.25, 0.3) is 17.7 Å². The number of thioether (sulfide) groups is 4. The van der Waals surface area contributed by atoms with Crippen molar-refractivity contribution in [2.24, 2.45) is 0 Å². The van der Waals surface area contributed by atoms with Crippen LogP contribution >= 0.6 is 151 Å². The molecule has 3 fully saturated rings. The number of amides is 5. The molecule has 0 saturated carbocycles. The van der Waals surface area contributed by atoms with Gasteiger partial charge < -0.3 is 60.8 Å². The molecule has 43 heteroatoms. The molecule has 9 heterocycles. The number of carboxylic acid groups (broad SMARTS) is 1. The molecule has 646 valence electrons. The number of alkyl halides is 3. The highest BCUT2D eigenvalue weighted by atomic mass is 35.5. The number of carbonyl (C=O) groups excluding carboxylic acids is 5. The lowest BCUT2D eigenvalue weighted by atomic mass is 10.2. The first kappa shape index (κ1) is 94.2. The lowest BCUT2D eigenvalue weighted by molar-refractivity contribution is -0.192. The second kappa shape index (κ2) is 41.6. The van der Waals surface area contributed by atoms with Gasteiger partial charge >= 0.3 is 24.3 Å². The summed E-state index contributed by atoms with van der Waals surface area (Å²) in [5.74, 6) is -1.64. The molecule has 0 aliphatic carbocycles. The Morgan fingerprint density at radius 1 is 0.467 bits per heavy atom. The van der Waals surface area contributed by atoms with Crippen molar-refractivity contribution in [3.05, 3.63) is 190 Å². The number of anilines is 11. The predicted octanol–water partition coefficient (Wildman–Crippen LogP) is 20.1. The minimum Gasteiger partial charge on any atom is -0.475 e. The van der Waals surface area contributed by atoms with E-state index in [1.54, 1.807) is 92.5 Å². The van der Waals surface area contributed by atoms with Crippen LogP contribution in [0.3, 0.4) is 0 Å². The Hall–Kier alpha value is -8.46. The standard InChI is InChI=1S/C27H27Cl3N6O3S.C22H19Cl3N6OS.C15H22ClN3O2.C13H9Cl2N3OS2.C2HF3O2/c1-27(2,3)39-26(38)35-11-9-34(10-12-35)21-8-7-16(13-20(21)30)32-25-31-14-17-23(33-25)40-15-36(24(17)37)22-18(28)5-4-6-19(22)29;23-15-2-1-3-16(24)19(15)31-12-33-20-14(21(31)32)11-27-22(29-20)28-13-4-5-18(17(25)10-13)30-8-6-26-7-9-30;1-15(2,3)21-14(20)19-8-6-18(7-9-19)13-5-4-11(17)10-12(13)16;1-20-13-16-5-7-11(17-13)21-6-18(12(7)19)10-8(14)3-2-4-9(10)15;3-2(4,5)1(6)7/h4-8,13-14H,9-12,15H2,1-3H3,(H,31,32,33);1-5,10-11,26H,6-9,12H2,(H,27,28,29);4-5,10H,6-9,17H2,1-3H3;2-5H,6H2,1H3;(H,6,7). The minimum atomic E-state index is -5.08. The van der Waals surface area contributed by atoms with E-state index in [9.17, 15) is 37.1 Å². The summed E-state index contributed by atoms with van der Waals surface area (Å²) in [7, 11) is 0. The van der Waals surface area contributed by atoms with Crippen molar-refractivity contribution in [3.8, 4) is 0 Å². The molecule has 0 spiro atoms. The van der Waals surface area contributed by atoms with Gasteiger partial charge in [-0.3, -0.25) is 29.1 Å². The van der Waals surface area contributed by atoms with E-state index >= 15 is 0 Å². The van der Waals surface area contributed by atoms with Gasteiger partial charge in [0.05, 0.1) is 114 Å². The number of piperazine rings is 3. The first-order valence-electron chi connectivity index (χ1n) is 37.0. The van der Waals surface area contributed by atoms with E-state index in [1.165, 1.54) is 64.3 Å². The Morgan fingerprint density at radius 3 is 1.11 bits per heavy atom. The summed E-state index contributed by atoms with van der Waals surface area (Å²) in [5.41, 5.74) is 12.4. The Labute approximate surface area is 762 Å². The number of para-hydroxylation sites is 3. The maximum atomic E-state index is 13.2. The number of aliphatic carboxylic acids is 1. The summed E-state index contributed by atoms with van der Waals surface area (Å²) in [4.78, 5) is 113. The van der Waals surface area contributed by atoms with Crippen LogP contribution in [0.2, 0.25) is 45.2 Å². The summed E-state index contributed by atoms with van der Waals surface area (Å²) in [5, 5.41) is 23.7. The molecule has 27 nitrogen and oxygen atoms in total. The largest absolute Gasteiger partial charge is 0.490 e. The van der Waals surface area contributed by atoms with Crippen molar-refractivity contribution in [2.45, 2.75) is 79.2 Å². The monoisotopic (exact) mass is 1920 g/mol. The van der Waals surface area contributed by atoms with Crippen LogP contribution in [-0.2, 0) is 14.3 Å². The molecule has 3 saturated heterocycles. The van der Waals surface area contributed by atoms with Gasteiger partial charge in [0.15, 0.2) is 5.16 Å². The Balaban J connectivity index is 0.000000160.